The van der Waals surface area contributed by atoms with Gasteiger partial charge < -0.3 is 14.2 Å². The van der Waals surface area contributed by atoms with Gasteiger partial charge in [0.2, 0.25) is 0 Å². The van der Waals surface area contributed by atoms with E-state index in [-0.39, 0.29) is 31.1 Å². The van der Waals surface area contributed by atoms with Crippen LogP contribution in [-0.4, -0.2) is 37.2 Å². The Morgan fingerprint density at radius 1 is 0.377 bits per heavy atom. The van der Waals surface area contributed by atoms with Gasteiger partial charge in [-0.25, -0.2) is 0 Å². The fourth-order valence-electron chi connectivity index (χ4n) is 6.18. The Morgan fingerprint density at radius 2 is 0.717 bits per heavy atom. The van der Waals surface area contributed by atoms with Crippen molar-refractivity contribution in [2.24, 2.45) is 0 Å². The molecule has 0 aliphatic heterocycles. The molecule has 0 radical (unpaired) electrons. The Morgan fingerprint density at radius 3 is 1.17 bits per heavy atom. The van der Waals surface area contributed by atoms with Crippen molar-refractivity contribution in [3.63, 3.8) is 0 Å². The molecule has 0 heterocycles. The average molecular weight is 745 g/mol. The smallest absolute Gasteiger partial charge is 0.306 e. The maximum atomic E-state index is 12.6. The molecule has 53 heavy (non-hydrogen) atoms. The first kappa shape index (κ1) is 50.6. The van der Waals surface area contributed by atoms with Crippen LogP contribution >= 0.6 is 0 Å². The molecule has 6 heteroatoms. The summed E-state index contributed by atoms with van der Waals surface area (Å²) in [6, 6.07) is 0. The van der Waals surface area contributed by atoms with Crippen molar-refractivity contribution in [3.8, 4) is 0 Å². The summed E-state index contributed by atoms with van der Waals surface area (Å²) in [5.74, 6) is -0.902. The highest BCUT2D eigenvalue weighted by molar-refractivity contribution is 5.71. The van der Waals surface area contributed by atoms with Crippen molar-refractivity contribution >= 4 is 17.9 Å². The van der Waals surface area contributed by atoms with Crippen LogP contribution < -0.4 is 0 Å². The number of unbranched alkanes of at least 4 members (excludes halogenated alkanes) is 23. The highest BCUT2D eigenvalue weighted by atomic mass is 16.6. The maximum Gasteiger partial charge on any atom is 0.306 e. The Labute approximate surface area is 327 Å². The molecule has 1 atom stereocenters. The van der Waals surface area contributed by atoms with Gasteiger partial charge in [-0.3, -0.25) is 14.4 Å². The number of ether oxygens (including phenoxy) is 3. The predicted octanol–water partition coefficient (Wildman–Crippen LogP) is 14.2. The third-order valence-corrected chi connectivity index (χ3v) is 9.60. The van der Waals surface area contributed by atoms with Crippen molar-refractivity contribution in [1.82, 2.24) is 0 Å². The molecule has 0 amide bonds. The fourth-order valence-corrected chi connectivity index (χ4v) is 6.18. The van der Waals surface area contributed by atoms with E-state index in [1.165, 1.54) is 103 Å². The van der Waals surface area contributed by atoms with Gasteiger partial charge in [0, 0.05) is 19.3 Å². The van der Waals surface area contributed by atoms with Gasteiger partial charge in [-0.1, -0.05) is 173 Å². The molecule has 0 aliphatic rings. The molecule has 6 nitrogen and oxygen atoms in total. The number of carbonyl (C=O) groups is 3. The molecular formula is C47H84O6. The lowest BCUT2D eigenvalue weighted by molar-refractivity contribution is -0.167. The molecule has 0 aliphatic carbocycles. The first-order chi connectivity index (χ1) is 26.0. The van der Waals surface area contributed by atoms with Crippen molar-refractivity contribution in [2.75, 3.05) is 13.2 Å². The number of esters is 3. The van der Waals surface area contributed by atoms with Gasteiger partial charge in [-0.15, -0.1) is 0 Å². The molecule has 0 aromatic rings. The van der Waals surface area contributed by atoms with Crippen LogP contribution in [0.3, 0.4) is 0 Å². The van der Waals surface area contributed by atoms with Gasteiger partial charge in [-0.2, -0.15) is 0 Å². The molecule has 0 bridgehead atoms. The zero-order chi connectivity index (χ0) is 38.7. The van der Waals surface area contributed by atoms with Gasteiger partial charge in [0.25, 0.3) is 0 Å². The summed E-state index contributed by atoms with van der Waals surface area (Å²) in [5.41, 5.74) is 0. The van der Waals surface area contributed by atoms with Crippen LogP contribution in [0.4, 0.5) is 0 Å². The molecule has 0 saturated carbocycles. The van der Waals surface area contributed by atoms with E-state index in [2.05, 4.69) is 57.2 Å². The zero-order valence-corrected chi connectivity index (χ0v) is 35.0. The number of carbonyl (C=O) groups excluding carboxylic acids is 3. The van der Waals surface area contributed by atoms with Crippen LogP contribution in [0.15, 0.2) is 36.5 Å². The predicted molar refractivity (Wildman–Crippen MR) is 224 cm³/mol. The number of hydrogen-bond donors (Lipinski definition) is 0. The number of rotatable bonds is 40. The Balaban J connectivity index is 4.19. The molecular weight excluding hydrogens is 661 g/mol. The number of hydrogen-bond acceptors (Lipinski definition) is 6. The van der Waals surface area contributed by atoms with Gasteiger partial charge >= 0.3 is 17.9 Å². The third kappa shape index (κ3) is 40.6. The summed E-state index contributed by atoms with van der Waals surface area (Å²) in [6.45, 7) is 6.47. The number of allylic oxidation sites excluding steroid dienone is 6. The van der Waals surface area contributed by atoms with Crippen LogP contribution in [0, 0.1) is 0 Å². The second kappa shape index (κ2) is 42.4. The molecule has 308 valence electrons. The minimum atomic E-state index is -0.770. The Hall–Kier alpha value is -2.37. The lowest BCUT2D eigenvalue weighted by Crippen LogP contribution is -2.30. The molecule has 0 aromatic heterocycles. The fraction of sp³-hybridized carbons (Fsp3) is 0.809. The lowest BCUT2D eigenvalue weighted by atomic mass is 10.1. The SMILES string of the molecule is CCC/C=C\CCCCCCCC(=O)OC(COC(=O)CCCCCCCC)COC(=O)CCCCCCCCCCC/C=C\C/C=C\CCCCC. The van der Waals surface area contributed by atoms with Crippen LogP contribution in [-0.2, 0) is 28.6 Å². The summed E-state index contributed by atoms with van der Waals surface area (Å²) in [4.78, 5) is 37.5. The van der Waals surface area contributed by atoms with E-state index in [1.807, 2.05) is 0 Å². The third-order valence-electron chi connectivity index (χ3n) is 9.60. The second-order valence-corrected chi connectivity index (χ2v) is 15.0. The molecule has 1 unspecified atom stereocenters. The summed E-state index contributed by atoms with van der Waals surface area (Å²) in [7, 11) is 0. The second-order valence-electron chi connectivity index (χ2n) is 15.0. The van der Waals surface area contributed by atoms with E-state index in [0.29, 0.717) is 19.3 Å². The maximum absolute atomic E-state index is 12.6. The largest absolute Gasteiger partial charge is 0.462 e. The van der Waals surface area contributed by atoms with E-state index in [9.17, 15) is 14.4 Å². The quantitative estimate of drug-likeness (QED) is 0.0269. The standard InChI is InChI=1S/C47H84O6/c1-4-7-10-13-16-18-20-21-22-23-24-25-26-27-28-30-31-34-37-40-46(49)52-43-44(42-51-45(48)39-36-33-15-12-9-6-3)53-47(50)41-38-35-32-29-19-17-14-11-8-5-2/h11,14,16,18,21-22,44H,4-10,12-13,15,17,19-20,23-43H2,1-3H3/b14-11-,18-16-,22-21-. The van der Waals surface area contributed by atoms with Gasteiger partial charge in [0.05, 0.1) is 0 Å². The Kier molecular flexibility index (Phi) is 40.5. The van der Waals surface area contributed by atoms with E-state index >= 15 is 0 Å². The van der Waals surface area contributed by atoms with Crippen molar-refractivity contribution in [3.05, 3.63) is 36.5 Å². The van der Waals surface area contributed by atoms with E-state index < -0.39 is 6.10 Å². The monoisotopic (exact) mass is 745 g/mol. The Bertz CT molecular complexity index is 907. The van der Waals surface area contributed by atoms with Gasteiger partial charge in [0.1, 0.15) is 13.2 Å². The summed E-state index contributed by atoms with van der Waals surface area (Å²) < 4.78 is 16.6. The van der Waals surface area contributed by atoms with E-state index in [4.69, 9.17) is 14.2 Å². The van der Waals surface area contributed by atoms with E-state index in [1.54, 1.807) is 0 Å². The molecule has 0 saturated heterocycles. The highest BCUT2D eigenvalue weighted by Crippen LogP contribution is 2.14. The average Bonchev–Trinajstić information content (AvgIpc) is 3.15. The van der Waals surface area contributed by atoms with Gasteiger partial charge in [0.15, 0.2) is 6.10 Å². The minimum Gasteiger partial charge on any atom is -0.462 e. The van der Waals surface area contributed by atoms with Crippen LogP contribution in [0.25, 0.3) is 0 Å². The summed E-state index contributed by atoms with van der Waals surface area (Å²) in [6.07, 6.45) is 47.2. The normalized spacial score (nSPS) is 12.3. The first-order valence-corrected chi connectivity index (χ1v) is 22.5. The molecule has 0 fully saturated rings. The lowest BCUT2D eigenvalue weighted by Gasteiger charge is -2.18. The molecule has 0 aromatic carbocycles. The molecule has 0 rings (SSSR count). The zero-order valence-electron chi connectivity index (χ0n) is 35.0. The van der Waals surface area contributed by atoms with Crippen LogP contribution in [0.2, 0.25) is 0 Å². The molecule has 0 spiro atoms. The first-order valence-electron chi connectivity index (χ1n) is 22.5. The summed E-state index contributed by atoms with van der Waals surface area (Å²) >= 11 is 0. The van der Waals surface area contributed by atoms with Crippen molar-refractivity contribution < 1.29 is 28.6 Å². The minimum absolute atomic E-state index is 0.0766. The topological polar surface area (TPSA) is 78.9 Å². The van der Waals surface area contributed by atoms with E-state index in [0.717, 1.165) is 83.5 Å². The summed E-state index contributed by atoms with van der Waals surface area (Å²) in [5, 5.41) is 0. The molecule has 0 N–H and O–H groups in total. The van der Waals surface area contributed by atoms with Crippen molar-refractivity contribution in [1.29, 1.82) is 0 Å². The van der Waals surface area contributed by atoms with Crippen LogP contribution in [0.5, 0.6) is 0 Å². The van der Waals surface area contributed by atoms with Crippen LogP contribution in [0.1, 0.15) is 226 Å². The van der Waals surface area contributed by atoms with Gasteiger partial charge in [-0.05, 0) is 70.6 Å². The van der Waals surface area contributed by atoms with Crippen molar-refractivity contribution in [2.45, 2.75) is 232 Å². The highest BCUT2D eigenvalue weighted by Gasteiger charge is 2.19.